The molecule has 0 aliphatic carbocycles. The van der Waals surface area contributed by atoms with Crippen molar-refractivity contribution in [2.24, 2.45) is 11.8 Å². The molecular formula is C12H27N. The van der Waals surface area contributed by atoms with E-state index in [4.69, 9.17) is 0 Å². The van der Waals surface area contributed by atoms with Crippen LogP contribution in [0.15, 0.2) is 0 Å². The van der Waals surface area contributed by atoms with Gasteiger partial charge in [-0.05, 0) is 45.6 Å². The van der Waals surface area contributed by atoms with Gasteiger partial charge in [-0.25, -0.2) is 0 Å². The summed E-state index contributed by atoms with van der Waals surface area (Å²) in [5, 5.41) is 3.58. The third-order valence-corrected chi connectivity index (χ3v) is 2.30. The van der Waals surface area contributed by atoms with Gasteiger partial charge in [0.15, 0.2) is 0 Å². The highest BCUT2D eigenvalue weighted by Crippen LogP contribution is 2.15. The maximum atomic E-state index is 3.58. The summed E-state index contributed by atoms with van der Waals surface area (Å²) < 4.78 is 0. The number of hydrogen-bond acceptors (Lipinski definition) is 1. The fourth-order valence-corrected chi connectivity index (χ4v) is 1.51. The molecule has 0 spiro atoms. The van der Waals surface area contributed by atoms with Crippen molar-refractivity contribution in [3.05, 3.63) is 0 Å². The highest BCUT2D eigenvalue weighted by atomic mass is 14.9. The first-order valence-electron chi connectivity index (χ1n) is 5.60. The lowest BCUT2D eigenvalue weighted by Gasteiger charge is -2.25. The topological polar surface area (TPSA) is 12.0 Å². The molecule has 0 bridgehead atoms. The SMILES string of the molecule is CCC(CNC(C)(C)C)CC(C)C. The highest BCUT2D eigenvalue weighted by molar-refractivity contribution is 4.73. The fraction of sp³-hybridized carbons (Fsp3) is 1.00. The van der Waals surface area contributed by atoms with E-state index in [9.17, 15) is 0 Å². The van der Waals surface area contributed by atoms with Crippen LogP contribution >= 0.6 is 0 Å². The van der Waals surface area contributed by atoms with E-state index in [0.717, 1.165) is 18.4 Å². The predicted molar refractivity (Wildman–Crippen MR) is 61.0 cm³/mol. The first-order valence-corrected chi connectivity index (χ1v) is 5.60. The van der Waals surface area contributed by atoms with Gasteiger partial charge in [0.25, 0.3) is 0 Å². The van der Waals surface area contributed by atoms with Crippen molar-refractivity contribution in [2.75, 3.05) is 6.54 Å². The van der Waals surface area contributed by atoms with Crippen molar-refractivity contribution in [3.8, 4) is 0 Å². The Morgan fingerprint density at radius 3 is 2.00 bits per heavy atom. The summed E-state index contributed by atoms with van der Waals surface area (Å²) in [5.74, 6) is 1.67. The van der Waals surface area contributed by atoms with Crippen LogP contribution in [-0.4, -0.2) is 12.1 Å². The molecule has 1 N–H and O–H groups in total. The molecule has 0 fully saturated rings. The minimum atomic E-state index is 0.268. The number of hydrogen-bond donors (Lipinski definition) is 1. The molecule has 0 aromatic heterocycles. The summed E-state index contributed by atoms with van der Waals surface area (Å²) in [6.07, 6.45) is 2.64. The first kappa shape index (κ1) is 13.0. The van der Waals surface area contributed by atoms with E-state index in [1.165, 1.54) is 12.8 Å². The van der Waals surface area contributed by atoms with Crippen LogP contribution in [0.2, 0.25) is 0 Å². The van der Waals surface area contributed by atoms with Crippen LogP contribution in [0.5, 0.6) is 0 Å². The Morgan fingerprint density at radius 2 is 1.69 bits per heavy atom. The minimum absolute atomic E-state index is 0.268. The van der Waals surface area contributed by atoms with E-state index in [2.05, 4.69) is 46.9 Å². The van der Waals surface area contributed by atoms with Gasteiger partial charge >= 0.3 is 0 Å². The lowest BCUT2D eigenvalue weighted by Crippen LogP contribution is -2.39. The van der Waals surface area contributed by atoms with Crippen LogP contribution in [0.25, 0.3) is 0 Å². The number of rotatable bonds is 5. The molecule has 0 aromatic rings. The molecule has 80 valence electrons. The summed E-state index contributed by atoms with van der Waals surface area (Å²) in [6, 6.07) is 0. The van der Waals surface area contributed by atoms with Gasteiger partial charge in [-0.2, -0.15) is 0 Å². The van der Waals surface area contributed by atoms with Crippen molar-refractivity contribution in [1.29, 1.82) is 0 Å². The first-order chi connectivity index (χ1) is 5.85. The van der Waals surface area contributed by atoms with Crippen molar-refractivity contribution in [2.45, 2.75) is 59.9 Å². The Kier molecular flexibility index (Phi) is 5.62. The average Bonchev–Trinajstić information content (AvgIpc) is 1.95. The van der Waals surface area contributed by atoms with E-state index >= 15 is 0 Å². The molecule has 1 atom stereocenters. The van der Waals surface area contributed by atoms with Crippen molar-refractivity contribution >= 4 is 0 Å². The van der Waals surface area contributed by atoms with Gasteiger partial charge in [0.2, 0.25) is 0 Å². The van der Waals surface area contributed by atoms with Gasteiger partial charge in [0, 0.05) is 5.54 Å². The van der Waals surface area contributed by atoms with E-state index in [1.54, 1.807) is 0 Å². The van der Waals surface area contributed by atoms with Gasteiger partial charge in [-0.1, -0.05) is 27.2 Å². The van der Waals surface area contributed by atoms with Gasteiger partial charge in [0.05, 0.1) is 0 Å². The van der Waals surface area contributed by atoms with Crippen molar-refractivity contribution < 1.29 is 0 Å². The predicted octanol–water partition coefficient (Wildman–Crippen LogP) is 3.45. The zero-order chi connectivity index (χ0) is 10.5. The van der Waals surface area contributed by atoms with Crippen molar-refractivity contribution in [3.63, 3.8) is 0 Å². The van der Waals surface area contributed by atoms with Crippen LogP contribution in [0.1, 0.15) is 54.4 Å². The quantitative estimate of drug-likeness (QED) is 0.692. The molecule has 1 nitrogen and oxygen atoms in total. The van der Waals surface area contributed by atoms with Crippen LogP contribution in [0, 0.1) is 11.8 Å². The van der Waals surface area contributed by atoms with Crippen molar-refractivity contribution in [1.82, 2.24) is 5.32 Å². The highest BCUT2D eigenvalue weighted by Gasteiger charge is 2.13. The molecular weight excluding hydrogens is 158 g/mol. The van der Waals surface area contributed by atoms with Gasteiger partial charge < -0.3 is 5.32 Å². The van der Waals surface area contributed by atoms with Crippen LogP contribution in [-0.2, 0) is 0 Å². The molecule has 0 saturated carbocycles. The molecule has 1 heteroatoms. The second-order valence-corrected chi connectivity index (χ2v) is 5.53. The largest absolute Gasteiger partial charge is 0.312 e. The summed E-state index contributed by atoms with van der Waals surface area (Å²) in [4.78, 5) is 0. The Hall–Kier alpha value is -0.0400. The van der Waals surface area contributed by atoms with Crippen LogP contribution < -0.4 is 5.32 Å². The number of nitrogens with one attached hydrogen (secondary N) is 1. The van der Waals surface area contributed by atoms with E-state index < -0.39 is 0 Å². The molecule has 0 saturated heterocycles. The Bertz CT molecular complexity index is 122. The standard InChI is InChI=1S/C12H27N/c1-7-11(8-10(2)3)9-13-12(4,5)6/h10-11,13H,7-9H2,1-6H3. The molecule has 1 unspecified atom stereocenters. The smallest absolute Gasteiger partial charge is 0.00966 e. The maximum absolute atomic E-state index is 3.58. The van der Waals surface area contributed by atoms with Crippen LogP contribution in [0.3, 0.4) is 0 Å². The summed E-state index contributed by atoms with van der Waals surface area (Å²) in [6.45, 7) is 14.8. The lowest BCUT2D eigenvalue weighted by atomic mass is 9.94. The third kappa shape index (κ3) is 8.29. The molecule has 0 aliphatic heterocycles. The summed E-state index contributed by atoms with van der Waals surface area (Å²) in [7, 11) is 0. The minimum Gasteiger partial charge on any atom is -0.312 e. The third-order valence-electron chi connectivity index (χ3n) is 2.30. The fourth-order valence-electron chi connectivity index (χ4n) is 1.51. The molecule has 13 heavy (non-hydrogen) atoms. The molecule has 0 heterocycles. The summed E-state index contributed by atoms with van der Waals surface area (Å²) in [5.41, 5.74) is 0.268. The summed E-state index contributed by atoms with van der Waals surface area (Å²) >= 11 is 0. The van der Waals surface area contributed by atoms with Gasteiger partial charge in [0.1, 0.15) is 0 Å². The van der Waals surface area contributed by atoms with E-state index in [-0.39, 0.29) is 5.54 Å². The van der Waals surface area contributed by atoms with Crippen LogP contribution in [0.4, 0.5) is 0 Å². The molecule has 0 aromatic carbocycles. The van der Waals surface area contributed by atoms with Gasteiger partial charge in [-0.15, -0.1) is 0 Å². The van der Waals surface area contributed by atoms with E-state index in [1.807, 2.05) is 0 Å². The zero-order valence-corrected chi connectivity index (χ0v) is 10.3. The molecule has 0 amide bonds. The molecule has 0 rings (SSSR count). The Balaban J connectivity index is 3.72. The molecule has 0 radical (unpaired) electrons. The Morgan fingerprint density at radius 1 is 1.15 bits per heavy atom. The van der Waals surface area contributed by atoms with Gasteiger partial charge in [-0.3, -0.25) is 0 Å². The second-order valence-electron chi connectivity index (χ2n) is 5.53. The lowest BCUT2D eigenvalue weighted by molar-refractivity contribution is 0.326. The normalized spacial score (nSPS) is 15.0. The zero-order valence-electron chi connectivity index (χ0n) is 10.3. The maximum Gasteiger partial charge on any atom is 0.00966 e. The average molecular weight is 185 g/mol. The van der Waals surface area contributed by atoms with E-state index in [0.29, 0.717) is 0 Å². The molecule has 0 aliphatic rings. The second kappa shape index (κ2) is 5.64. The monoisotopic (exact) mass is 185 g/mol. The Labute approximate surface area is 84.3 Å².